The number of allylic oxidation sites excluding steroid dienone is 1. The van der Waals surface area contributed by atoms with Crippen LogP contribution in [0.25, 0.3) is 0 Å². The van der Waals surface area contributed by atoms with Gasteiger partial charge in [-0.05, 0) is 46.7 Å². The Hall–Kier alpha value is -2.87. The molecule has 0 bridgehead atoms. The Bertz CT molecular complexity index is 1150. The molecular weight excluding hydrogens is 424 g/mol. The molecule has 5 N–H and O–H groups in total. The summed E-state index contributed by atoms with van der Waals surface area (Å²) in [5.74, 6) is 0.0797. The second-order valence-electron chi connectivity index (χ2n) is 10.3. The van der Waals surface area contributed by atoms with Crippen molar-refractivity contribution < 1.29 is 14.6 Å². The standard InChI is InChI=1S/C24H32N4O3S/c1-11-15(21(30)31-8)16(17-19(25)27-22(32)28-20(17)26-11)12-9-13(23(2,3)4)18(29)14(10-12)24(5,6)7/h9-10,16,29H,1-8H3,(H4,25,26,27,28,32). The lowest BCUT2D eigenvalue weighted by molar-refractivity contribution is -0.136. The van der Waals surface area contributed by atoms with Crippen LogP contribution in [0.4, 0.5) is 11.6 Å². The highest BCUT2D eigenvalue weighted by atomic mass is 32.1. The minimum Gasteiger partial charge on any atom is -0.507 e. The van der Waals surface area contributed by atoms with Crippen molar-refractivity contribution in [2.75, 3.05) is 18.2 Å². The van der Waals surface area contributed by atoms with E-state index in [0.717, 1.165) is 16.7 Å². The first-order valence-corrected chi connectivity index (χ1v) is 10.9. The number of fused-ring (bicyclic) bond motifs is 1. The van der Waals surface area contributed by atoms with Gasteiger partial charge in [-0.25, -0.2) is 9.78 Å². The highest BCUT2D eigenvalue weighted by Crippen LogP contribution is 2.47. The van der Waals surface area contributed by atoms with Gasteiger partial charge in [-0.2, -0.15) is 0 Å². The number of aromatic hydroxyl groups is 1. The molecule has 0 radical (unpaired) electrons. The molecule has 1 aliphatic rings. The second-order valence-corrected chi connectivity index (χ2v) is 10.7. The predicted octanol–water partition coefficient (Wildman–Crippen LogP) is 5.03. The number of aromatic amines is 1. The minimum absolute atomic E-state index is 0.248. The smallest absolute Gasteiger partial charge is 0.336 e. The molecule has 0 fully saturated rings. The monoisotopic (exact) mass is 456 g/mol. The summed E-state index contributed by atoms with van der Waals surface area (Å²) in [6, 6.07) is 3.89. The van der Waals surface area contributed by atoms with Gasteiger partial charge in [0.05, 0.1) is 18.6 Å². The lowest BCUT2D eigenvalue weighted by Crippen LogP contribution is -2.27. The number of esters is 1. The van der Waals surface area contributed by atoms with Crippen LogP contribution in [0.3, 0.4) is 0 Å². The SMILES string of the molecule is COC(=O)C1=C(C)Nc2nc(=S)[nH]c(N)c2C1c1cc(C(C)(C)C)c(O)c(C(C)(C)C)c1. The summed E-state index contributed by atoms with van der Waals surface area (Å²) >= 11 is 5.21. The summed E-state index contributed by atoms with van der Waals surface area (Å²) in [7, 11) is 1.35. The summed E-state index contributed by atoms with van der Waals surface area (Å²) in [4.78, 5) is 20.2. The molecule has 1 unspecified atom stereocenters. The average molecular weight is 457 g/mol. The number of nitrogens with two attached hydrogens (primary N) is 1. The van der Waals surface area contributed by atoms with Crippen LogP contribution in [0.5, 0.6) is 5.75 Å². The summed E-state index contributed by atoms with van der Waals surface area (Å²) in [6.07, 6.45) is 0. The van der Waals surface area contributed by atoms with Crippen molar-refractivity contribution >= 4 is 29.8 Å². The fraction of sp³-hybridized carbons (Fsp3) is 0.458. The quantitative estimate of drug-likeness (QED) is 0.370. The van der Waals surface area contributed by atoms with E-state index in [9.17, 15) is 9.90 Å². The normalized spacial score (nSPS) is 16.4. The van der Waals surface area contributed by atoms with E-state index >= 15 is 0 Å². The zero-order valence-corrected chi connectivity index (χ0v) is 20.7. The van der Waals surface area contributed by atoms with Crippen LogP contribution in [-0.4, -0.2) is 28.2 Å². The molecule has 1 atom stereocenters. The van der Waals surface area contributed by atoms with Crippen LogP contribution in [0, 0.1) is 4.77 Å². The van der Waals surface area contributed by atoms with E-state index in [1.54, 1.807) is 6.92 Å². The molecule has 32 heavy (non-hydrogen) atoms. The third-order valence-electron chi connectivity index (χ3n) is 5.77. The summed E-state index contributed by atoms with van der Waals surface area (Å²) in [5.41, 5.74) is 9.77. The van der Waals surface area contributed by atoms with E-state index in [2.05, 4.69) is 15.3 Å². The van der Waals surface area contributed by atoms with Gasteiger partial charge < -0.3 is 25.9 Å². The molecule has 0 saturated carbocycles. The van der Waals surface area contributed by atoms with E-state index in [1.165, 1.54) is 7.11 Å². The number of ether oxygens (including phenoxy) is 1. The fourth-order valence-electron chi connectivity index (χ4n) is 4.17. The van der Waals surface area contributed by atoms with Crippen molar-refractivity contribution in [3.63, 3.8) is 0 Å². The minimum atomic E-state index is -0.555. The number of hydrogen-bond donors (Lipinski definition) is 4. The van der Waals surface area contributed by atoms with E-state index in [4.69, 9.17) is 22.7 Å². The molecule has 7 nitrogen and oxygen atoms in total. The van der Waals surface area contributed by atoms with Crippen LogP contribution in [-0.2, 0) is 20.4 Å². The van der Waals surface area contributed by atoms with E-state index < -0.39 is 11.9 Å². The summed E-state index contributed by atoms with van der Waals surface area (Å²) < 4.78 is 5.38. The molecule has 0 spiro atoms. The number of aromatic nitrogens is 2. The topological polar surface area (TPSA) is 113 Å². The maximum Gasteiger partial charge on any atom is 0.336 e. The van der Waals surface area contributed by atoms with Gasteiger partial charge in [-0.1, -0.05) is 53.7 Å². The Morgan fingerprint density at radius 3 is 2.16 bits per heavy atom. The van der Waals surface area contributed by atoms with Crippen LogP contribution in [0.2, 0.25) is 0 Å². The van der Waals surface area contributed by atoms with E-state index in [1.807, 2.05) is 53.7 Å². The molecule has 0 aliphatic carbocycles. The molecule has 2 heterocycles. The van der Waals surface area contributed by atoms with Gasteiger partial charge in [0.25, 0.3) is 0 Å². The van der Waals surface area contributed by atoms with Gasteiger partial charge in [-0.15, -0.1) is 0 Å². The first-order chi connectivity index (χ1) is 14.7. The fourth-order valence-corrected chi connectivity index (χ4v) is 4.38. The zero-order chi connectivity index (χ0) is 24.2. The second kappa shape index (κ2) is 7.92. The Morgan fingerprint density at radius 1 is 1.16 bits per heavy atom. The van der Waals surface area contributed by atoms with Gasteiger partial charge in [0, 0.05) is 11.3 Å². The van der Waals surface area contributed by atoms with Crippen LogP contribution < -0.4 is 11.1 Å². The number of anilines is 2. The number of carbonyl (C=O) groups is 1. The third kappa shape index (κ3) is 4.11. The Labute approximate surface area is 194 Å². The number of methoxy groups -OCH3 is 1. The maximum atomic E-state index is 12.9. The molecule has 172 valence electrons. The molecular formula is C24H32N4O3S. The maximum absolute atomic E-state index is 12.9. The molecule has 3 rings (SSSR count). The van der Waals surface area contributed by atoms with E-state index in [-0.39, 0.29) is 21.4 Å². The van der Waals surface area contributed by atoms with Gasteiger partial charge in [-0.3, -0.25) is 0 Å². The Kier molecular flexibility index (Phi) is 5.89. The molecule has 1 aromatic carbocycles. The number of rotatable bonds is 2. The van der Waals surface area contributed by atoms with Crippen LogP contribution in [0.1, 0.15) is 76.6 Å². The number of carbonyl (C=O) groups excluding carboxylic acids is 1. The third-order valence-corrected chi connectivity index (χ3v) is 5.97. The van der Waals surface area contributed by atoms with Crippen molar-refractivity contribution in [1.29, 1.82) is 0 Å². The lowest BCUT2D eigenvalue weighted by Gasteiger charge is -2.33. The molecule has 2 aromatic rings. The summed E-state index contributed by atoms with van der Waals surface area (Å²) in [5, 5.41) is 14.3. The Morgan fingerprint density at radius 2 is 1.69 bits per heavy atom. The molecule has 0 saturated heterocycles. The lowest BCUT2D eigenvalue weighted by atomic mass is 9.74. The van der Waals surface area contributed by atoms with Gasteiger partial charge in [0.2, 0.25) is 0 Å². The predicted molar refractivity (Wildman–Crippen MR) is 130 cm³/mol. The van der Waals surface area contributed by atoms with Crippen molar-refractivity contribution in [3.8, 4) is 5.75 Å². The first-order valence-electron chi connectivity index (χ1n) is 10.5. The number of phenols is 1. The van der Waals surface area contributed by atoms with Crippen molar-refractivity contribution in [3.05, 3.63) is 50.4 Å². The molecule has 1 aliphatic heterocycles. The van der Waals surface area contributed by atoms with Gasteiger partial charge >= 0.3 is 5.97 Å². The molecule has 8 heteroatoms. The number of nitrogens with one attached hydrogen (secondary N) is 2. The average Bonchev–Trinajstić information content (AvgIpc) is 2.64. The number of H-pyrrole nitrogens is 1. The molecule has 0 amide bonds. The van der Waals surface area contributed by atoms with Crippen molar-refractivity contribution in [2.24, 2.45) is 0 Å². The van der Waals surface area contributed by atoms with Crippen LogP contribution in [0.15, 0.2) is 23.4 Å². The highest BCUT2D eigenvalue weighted by molar-refractivity contribution is 7.71. The summed E-state index contributed by atoms with van der Waals surface area (Å²) in [6.45, 7) is 14.1. The van der Waals surface area contributed by atoms with E-state index in [0.29, 0.717) is 28.5 Å². The van der Waals surface area contributed by atoms with Crippen LogP contribution >= 0.6 is 12.2 Å². The largest absolute Gasteiger partial charge is 0.507 e. The van der Waals surface area contributed by atoms with Crippen molar-refractivity contribution in [2.45, 2.75) is 65.2 Å². The number of nitrogens with zero attached hydrogens (tertiary/aromatic N) is 1. The highest BCUT2D eigenvalue weighted by Gasteiger charge is 2.37. The number of nitrogen functional groups attached to an aromatic ring is 1. The number of benzene rings is 1. The zero-order valence-electron chi connectivity index (χ0n) is 19.9. The van der Waals surface area contributed by atoms with Crippen molar-refractivity contribution in [1.82, 2.24) is 9.97 Å². The Balaban J connectivity index is 2.45. The first kappa shape index (κ1) is 23.8. The number of hydrogen-bond acceptors (Lipinski definition) is 7. The number of phenolic OH excluding ortho intramolecular Hbond substituents is 1. The molecule has 1 aromatic heterocycles. The van der Waals surface area contributed by atoms with Gasteiger partial charge in [0.15, 0.2) is 4.77 Å². The van der Waals surface area contributed by atoms with Gasteiger partial charge in [0.1, 0.15) is 17.4 Å².